The van der Waals surface area contributed by atoms with E-state index in [0.29, 0.717) is 23.3 Å². The number of halogens is 1. The second kappa shape index (κ2) is 11.9. The molecule has 0 bridgehead atoms. The van der Waals surface area contributed by atoms with Gasteiger partial charge in [-0.15, -0.1) is 0 Å². The molecular formula is C29H27BrN2O5. The minimum Gasteiger partial charge on any atom is -0.503 e. The maximum atomic E-state index is 12.4. The highest BCUT2D eigenvalue weighted by atomic mass is 79.9. The van der Waals surface area contributed by atoms with Crippen LogP contribution in [0, 0.1) is 0 Å². The van der Waals surface area contributed by atoms with Gasteiger partial charge >= 0.3 is 5.97 Å². The first kappa shape index (κ1) is 26.2. The van der Waals surface area contributed by atoms with Crippen LogP contribution in [-0.2, 0) is 25.7 Å². The molecule has 1 amide bonds. The molecule has 3 aromatic carbocycles. The van der Waals surface area contributed by atoms with Gasteiger partial charge in [-0.25, -0.2) is 9.80 Å². The minimum atomic E-state index is -0.495. The highest BCUT2D eigenvalue weighted by molar-refractivity contribution is 9.10. The number of carbonyl (C=O) groups excluding carboxylic acids is 2. The lowest BCUT2D eigenvalue weighted by molar-refractivity contribution is -0.134. The average Bonchev–Trinajstić information content (AvgIpc) is 3.37. The van der Waals surface area contributed by atoms with Crippen molar-refractivity contribution in [3.8, 4) is 5.75 Å². The Morgan fingerprint density at radius 2 is 1.81 bits per heavy atom. The molecule has 0 saturated carbocycles. The molecule has 8 heteroatoms. The molecule has 3 aromatic rings. The van der Waals surface area contributed by atoms with E-state index in [1.165, 1.54) is 32.4 Å². The molecule has 1 atom stereocenters. The van der Waals surface area contributed by atoms with Crippen LogP contribution in [0.15, 0.2) is 88.6 Å². The van der Waals surface area contributed by atoms with Crippen molar-refractivity contribution >= 4 is 39.1 Å². The topological polar surface area (TPSA) is 77.4 Å². The second-order valence-electron chi connectivity index (χ2n) is 8.38. The van der Waals surface area contributed by atoms with E-state index in [4.69, 9.17) is 14.2 Å². The Balaban J connectivity index is 1.56. The molecular weight excluding hydrogens is 536 g/mol. The van der Waals surface area contributed by atoms with E-state index in [9.17, 15) is 9.59 Å². The van der Waals surface area contributed by atoms with Gasteiger partial charge in [0.25, 0.3) is 0 Å². The Bertz CT molecular complexity index is 1370. The summed E-state index contributed by atoms with van der Waals surface area (Å²) in [6.07, 6.45) is 1.95. The third kappa shape index (κ3) is 5.91. The van der Waals surface area contributed by atoms with E-state index in [1.54, 1.807) is 0 Å². The van der Waals surface area contributed by atoms with Crippen molar-refractivity contribution in [3.63, 3.8) is 0 Å². The van der Waals surface area contributed by atoms with Crippen LogP contribution in [-0.4, -0.2) is 36.8 Å². The van der Waals surface area contributed by atoms with Gasteiger partial charge in [-0.05, 0) is 34.9 Å². The van der Waals surface area contributed by atoms with Crippen molar-refractivity contribution in [3.05, 3.63) is 106 Å². The molecule has 0 fully saturated rings. The molecule has 0 aromatic heterocycles. The second-order valence-corrected chi connectivity index (χ2v) is 9.24. The van der Waals surface area contributed by atoms with Gasteiger partial charge in [0.15, 0.2) is 0 Å². The van der Waals surface area contributed by atoms with Crippen molar-refractivity contribution in [1.29, 1.82) is 0 Å². The van der Waals surface area contributed by atoms with Crippen LogP contribution in [0.5, 0.6) is 5.75 Å². The van der Waals surface area contributed by atoms with Crippen LogP contribution in [0.25, 0.3) is 5.57 Å². The number of methoxy groups -OCH3 is 2. The number of amides is 1. The number of esters is 1. The smallest absolute Gasteiger partial charge is 0.341 e. The number of ether oxygens (including phenoxy) is 3. The lowest BCUT2D eigenvalue weighted by Crippen LogP contribution is -2.24. The molecule has 0 saturated heterocycles. The zero-order valence-electron chi connectivity index (χ0n) is 20.8. The van der Waals surface area contributed by atoms with Crippen LogP contribution >= 0.6 is 15.9 Å². The molecule has 4 rings (SSSR count). The molecule has 1 aliphatic rings. The molecule has 190 valence electrons. The third-order valence-corrected chi connectivity index (χ3v) is 6.73. The Labute approximate surface area is 224 Å². The Morgan fingerprint density at radius 3 is 2.54 bits per heavy atom. The molecule has 37 heavy (non-hydrogen) atoms. The molecule has 1 heterocycles. The van der Waals surface area contributed by atoms with Crippen LogP contribution < -0.4 is 4.74 Å². The Hall–Kier alpha value is -3.91. The lowest BCUT2D eigenvalue weighted by Gasteiger charge is -2.21. The molecule has 0 spiro atoms. The zero-order chi connectivity index (χ0) is 26.4. The van der Waals surface area contributed by atoms with Crippen molar-refractivity contribution in [1.82, 2.24) is 5.01 Å². The minimum absolute atomic E-state index is 0.120. The molecule has 0 N–H and O–H groups in total. The summed E-state index contributed by atoms with van der Waals surface area (Å²) in [4.78, 5) is 24.7. The number of hydrogen-bond acceptors (Lipinski definition) is 6. The monoisotopic (exact) mass is 562 g/mol. The van der Waals surface area contributed by atoms with E-state index in [2.05, 4.69) is 21.0 Å². The number of rotatable bonds is 8. The van der Waals surface area contributed by atoms with E-state index in [1.807, 2.05) is 72.8 Å². The normalized spacial score (nSPS) is 15.2. The fraction of sp³-hybridized carbons (Fsp3) is 0.207. The number of hydrogen-bond donors (Lipinski definition) is 0. The molecule has 7 nitrogen and oxygen atoms in total. The number of benzene rings is 3. The molecule has 0 radical (unpaired) electrons. The van der Waals surface area contributed by atoms with E-state index in [0.717, 1.165) is 26.9 Å². The number of carbonyl (C=O) groups is 2. The summed E-state index contributed by atoms with van der Waals surface area (Å²) in [5.41, 5.74) is 4.46. The van der Waals surface area contributed by atoms with Gasteiger partial charge in [0.1, 0.15) is 17.9 Å². The van der Waals surface area contributed by atoms with Crippen LogP contribution in [0.1, 0.15) is 41.6 Å². The molecule has 1 aliphatic heterocycles. The van der Waals surface area contributed by atoms with Gasteiger partial charge in [-0.1, -0.05) is 70.5 Å². The Morgan fingerprint density at radius 1 is 1.05 bits per heavy atom. The third-order valence-electron chi connectivity index (χ3n) is 6.01. The molecule has 1 unspecified atom stereocenters. The predicted octanol–water partition coefficient (Wildman–Crippen LogP) is 5.89. The van der Waals surface area contributed by atoms with Crippen molar-refractivity contribution < 1.29 is 23.8 Å². The summed E-state index contributed by atoms with van der Waals surface area (Å²) in [5.74, 6) is 0.0273. The van der Waals surface area contributed by atoms with Crippen LogP contribution in [0.2, 0.25) is 0 Å². The summed E-state index contributed by atoms with van der Waals surface area (Å²) in [7, 11) is 2.81. The fourth-order valence-electron chi connectivity index (χ4n) is 4.25. The van der Waals surface area contributed by atoms with Gasteiger partial charge in [0.2, 0.25) is 5.91 Å². The summed E-state index contributed by atoms with van der Waals surface area (Å²) >= 11 is 3.60. The predicted molar refractivity (Wildman–Crippen MR) is 145 cm³/mol. The quantitative estimate of drug-likeness (QED) is 0.194. The first-order chi connectivity index (χ1) is 17.9. The average molecular weight is 563 g/mol. The first-order valence-electron chi connectivity index (χ1n) is 11.7. The number of hydrazone groups is 1. The summed E-state index contributed by atoms with van der Waals surface area (Å²) in [6.45, 7) is 1.75. The van der Waals surface area contributed by atoms with E-state index >= 15 is 0 Å². The van der Waals surface area contributed by atoms with Gasteiger partial charge < -0.3 is 14.2 Å². The van der Waals surface area contributed by atoms with Crippen molar-refractivity contribution in [2.75, 3.05) is 14.2 Å². The lowest BCUT2D eigenvalue weighted by atomic mass is 9.98. The summed E-state index contributed by atoms with van der Waals surface area (Å²) < 4.78 is 17.1. The van der Waals surface area contributed by atoms with E-state index in [-0.39, 0.29) is 18.6 Å². The molecule has 0 aliphatic carbocycles. The highest BCUT2D eigenvalue weighted by Gasteiger charge is 2.32. The van der Waals surface area contributed by atoms with Gasteiger partial charge in [0.05, 0.1) is 32.2 Å². The summed E-state index contributed by atoms with van der Waals surface area (Å²) in [6, 6.07) is 22.7. The SMILES string of the molecule is CO/C=C(\C(=O)OC)c1ccccc1COc1cccc(C2=NN(C(C)=O)C(c3ccccc3Br)C2)c1. The standard InChI is InChI=1S/C29H27BrN2O5/c1-19(33)32-28(24-13-6-7-14-26(24)30)16-27(31-32)20-10-8-11-22(15-20)37-17-21-9-4-5-12-23(21)25(18-35-2)29(34)36-3/h4-15,18,28H,16-17H2,1-3H3/b25-18-. The van der Waals surface area contributed by atoms with Gasteiger partial charge in [0, 0.05) is 23.4 Å². The zero-order valence-corrected chi connectivity index (χ0v) is 22.4. The maximum absolute atomic E-state index is 12.4. The van der Waals surface area contributed by atoms with Crippen molar-refractivity contribution in [2.45, 2.75) is 26.0 Å². The van der Waals surface area contributed by atoms with Crippen LogP contribution in [0.4, 0.5) is 0 Å². The first-order valence-corrected chi connectivity index (χ1v) is 12.5. The van der Waals surface area contributed by atoms with E-state index < -0.39 is 5.97 Å². The van der Waals surface area contributed by atoms with Crippen molar-refractivity contribution in [2.24, 2.45) is 5.10 Å². The highest BCUT2D eigenvalue weighted by Crippen LogP contribution is 2.36. The van der Waals surface area contributed by atoms with Crippen LogP contribution in [0.3, 0.4) is 0 Å². The maximum Gasteiger partial charge on any atom is 0.341 e. The fourth-order valence-corrected chi connectivity index (χ4v) is 4.80. The van der Waals surface area contributed by atoms with Gasteiger partial charge in [-0.2, -0.15) is 5.10 Å². The van der Waals surface area contributed by atoms with Gasteiger partial charge in [-0.3, -0.25) is 4.79 Å². The summed E-state index contributed by atoms with van der Waals surface area (Å²) in [5, 5.41) is 6.19. The number of nitrogens with zero attached hydrogens (tertiary/aromatic N) is 2. The Kier molecular flexibility index (Phi) is 8.40. The largest absolute Gasteiger partial charge is 0.503 e.